The van der Waals surface area contributed by atoms with E-state index in [2.05, 4.69) is 27.1 Å². The molecule has 0 saturated heterocycles. The summed E-state index contributed by atoms with van der Waals surface area (Å²) in [6.45, 7) is 3.94. The molecule has 0 fully saturated rings. The third kappa shape index (κ3) is 4.97. The Morgan fingerprint density at radius 3 is 3.00 bits per heavy atom. The molecule has 1 aliphatic heterocycles. The number of carbonyl (C=O) groups is 1. The monoisotopic (exact) mass is 399 g/mol. The van der Waals surface area contributed by atoms with Gasteiger partial charge in [0.2, 0.25) is 5.91 Å². The number of aromatic nitrogens is 1. The minimum Gasteiger partial charge on any atom is -0.550 e. The van der Waals surface area contributed by atoms with Crippen molar-refractivity contribution in [2.24, 2.45) is 16.6 Å². The van der Waals surface area contributed by atoms with E-state index in [1.165, 1.54) is 6.40 Å². The molecule has 151 valence electrons. The molecule has 7 heteroatoms. The van der Waals surface area contributed by atoms with E-state index in [1.54, 1.807) is 26.8 Å². The van der Waals surface area contributed by atoms with E-state index in [9.17, 15) is 4.79 Å². The molecule has 3 N–H and O–H groups in total. The summed E-state index contributed by atoms with van der Waals surface area (Å²) in [7, 11) is 1.63. The lowest BCUT2D eigenvalue weighted by molar-refractivity contribution is -0.118. The van der Waals surface area contributed by atoms with Crippen LogP contribution in [0.25, 0.3) is 10.8 Å². The summed E-state index contributed by atoms with van der Waals surface area (Å²) < 4.78 is 5.24. The van der Waals surface area contributed by atoms with Crippen LogP contribution in [0.3, 0.4) is 0 Å². The molecular weight excluding hydrogens is 375 g/mol. The number of aliphatic imine (C=N–C) groups is 1. The highest BCUT2D eigenvalue weighted by Gasteiger charge is 2.27. The second-order valence-electron chi connectivity index (χ2n) is 6.75. The summed E-state index contributed by atoms with van der Waals surface area (Å²) >= 11 is 0. The Hall–Kier alpha value is -3.37. The number of nitrogens with zero attached hydrogens (tertiary/aromatic N) is 2. The zero-order valence-electron chi connectivity index (χ0n) is 17.2. The van der Waals surface area contributed by atoms with Crippen molar-refractivity contribution in [1.29, 1.82) is 0 Å². The number of allylic oxidation sites excluding steroid dienone is 2. The van der Waals surface area contributed by atoms with Crippen LogP contribution in [0, 0.1) is 17.8 Å². The largest absolute Gasteiger partial charge is 0.550 e. The molecule has 1 radical (unpaired) electrons. The first-order chi connectivity index (χ1) is 14.7. The van der Waals surface area contributed by atoms with Gasteiger partial charge in [-0.25, -0.2) is 4.99 Å². The summed E-state index contributed by atoms with van der Waals surface area (Å²) in [5, 5.41) is 5.00. The van der Waals surface area contributed by atoms with Crippen molar-refractivity contribution in [3.8, 4) is 11.8 Å². The number of carbonyl (C=O) groups excluding carboxylic acids is 1. The zero-order chi connectivity index (χ0) is 21.3. The van der Waals surface area contributed by atoms with Crippen LogP contribution in [0.2, 0.25) is 0 Å². The Bertz CT molecular complexity index is 1080. The highest BCUT2D eigenvalue weighted by atomic mass is 16.4. The number of fused-ring (bicyclic) bond motifs is 1. The number of hydrogen-bond donors (Lipinski definition) is 2. The molecule has 0 spiro atoms. The third-order valence-electron chi connectivity index (χ3n) is 4.78. The minimum atomic E-state index is -0.571. The molecule has 1 aromatic heterocycles. The van der Waals surface area contributed by atoms with Crippen LogP contribution in [-0.4, -0.2) is 31.3 Å². The average Bonchev–Trinajstić information content (AvgIpc) is 2.77. The highest BCUT2D eigenvalue weighted by molar-refractivity contribution is 6.42. The van der Waals surface area contributed by atoms with Gasteiger partial charge in [-0.2, -0.15) is 0 Å². The maximum atomic E-state index is 13.2. The molecule has 0 aliphatic carbocycles. The topological polar surface area (TPSA) is 89.6 Å². The maximum Gasteiger partial charge on any atom is 0.411 e. The Morgan fingerprint density at radius 1 is 1.37 bits per heavy atom. The van der Waals surface area contributed by atoms with Crippen molar-refractivity contribution in [1.82, 2.24) is 4.98 Å². The average molecular weight is 399 g/mol. The Labute approximate surface area is 177 Å². The second-order valence-corrected chi connectivity index (χ2v) is 6.75. The summed E-state index contributed by atoms with van der Waals surface area (Å²) in [6, 6.07) is 7.61. The summed E-state index contributed by atoms with van der Waals surface area (Å²) in [6.07, 6.45) is 8.10. The van der Waals surface area contributed by atoms with Crippen LogP contribution in [0.1, 0.15) is 26.7 Å². The number of benzene rings is 1. The lowest BCUT2D eigenvalue weighted by Crippen LogP contribution is -2.32. The molecule has 6 nitrogen and oxygen atoms in total. The highest BCUT2D eigenvalue weighted by Crippen LogP contribution is 2.28. The van der Waals surface area contributed by atoms with E-state index >= 15 is 0 Å². The molecule has 1 aliphatic rings. The van der Waals surface area contributed by atoms with Crippen LogP contribution in [0.15, 0.2) is 64.5 Å². The molecule has 0 saturated carbocycles. The standard InChI is InChI=1S/C23H24BN4O2/c1-3-5-7-19(22-21(6-4-2)24-30-15-27-22)20(13-25)23(29)28-18-9-8-17-14-26-11-10-16(17)12-18/h6,8-12,14-15,20H,4,7,13,25H2,1-2H3,(H,28,29)/b21-6+,22-19-. The minimum absolute atomic E-state index is 0.142. The molecule has 0 bridgehead atoms. The van der Waals surface area contributed by atoms with E-state index < -0.39 is 5.92 Å². The van der Waals surface area contributed by atoms with Crippen LogP contribution >= 0.6 is 0 Å². The summed E-state index contributed by atoms with van der Waals surface area (Å²) in [5.41, 5.74) is 9.06. The molecule has 1 unspecified atom stereocenters. The van der Waals surface area contributed by atoms with Gasteiger partial charge in [0.05, 0.1) is 11.6 Å². The molecule has 30 heavy (non-hydrogen) atoms. The van der Waals surface area contributed by atoms with E-state index in [0.29, 0.717) is 17.8 Å². The smallest absolute Gasteiger partial charge is 0.411 e. The predicted octanol–water partition coefficient (Wildman–Crippen LogP) is 3.39. The van der Waals surface area contributed by atoms with Crippen LogP contribution < -0.4 is 11.1 Å². The fourth-order valence-corrected chi connectivity index (χ4v) is 3.30. The van der Waals surface area contributed by atoms with Crippen molar-refractivity contribution in [2.45, 2.75) is 26.7 Å². The van der Waals surface area contributed by atoms with Gasteiger partial charge in [-0.15, -0.1) is 5.92 Å². The lowest BCUT2D eigenvalue weighted by atomic mass is 9.78. The lowest BCUT2D eigenvalue weighted by Gasteiger charge is -2.22. The van der Waals surface area contributed by atoms with Crippen molar-refractivity contribution >= 4 is 36.3 Å². The fraction of sp³-hybridized carbons (Fsp3) is 0.261. The summed E-state index contributed by atoms with van der Waals surface area (Å²) in [5.74, 6) is 5.19. The van der Waals surface area contributed by atoms with Gasteiger partial charge in [0.1, 0.15) is 0 Å². The Balaban J connectivity index is 1.95. The first kappa shape index (κ1) is 21.3. The van der Waals surface area contributed by atoms with Crippen LogP contribution in [0.5, 0.6) is 0 Å². The first-order valence-corrected chi connectivity index (χ1v) is 9.87. The number of nitrogens with two attached hydrogens (primary N) is 1. The van der Waals surface area contributed by atoms with Crippen molar-refractivity contribution in [3.05, 3.63) is 59.5 Å². The molecule has 1 atom stereocenters. The molecule has 1 amide bonds. The van der Waals surface area contributed by atoms with E-state index in [-0.39, 0.29) is 12.5 Å². The van der Waals surface area contributed by atoms with Gasteiger partial charge in [0.25, 0.3) is 0 Å². The van der Waals surface area contributed by atoms with Gasteiger partial charge >= 0.3 is 7.48 Å². The number of nitrogens with one attached hydrogen (secondary N) is 1. The van der Waals surface area contributed by atoms with Gasteiger partial charge in [0, 0.05) is 36.4 Å². The number of anilines is 1. The van der Waals surface area contributed by atoms with Gasteiger partial charge in [-0.3, -0.25) is 9.78 Å². The first-order valence-electron chi connectivity index (χ1n) is 9.87. The summed E-state index contributed by atoms with van der Waals surface area (Å²) in [4.78, 5) is 21.7. The number of hydrogen-bond acceptors (Lipinski definition) is 5. The fourth-order valence-electron chi connectivity index (χ4n) is 3.30. The molecular formula is C23H24BN4O2. The van der Waals surface area contributed by atoms with Crippen molar-refractivity contribution in [3.63, 3.8) is 0 Å². The van der Waals surface area contributed by atoms with Crippen molar-refractivity contribution in [2.75, 3.05) is 11.9 Å². The van der Waals surface area contributed by atoms with Gasteiger partial charge in [-0.1, -0.05) is 25.0 Å². The zero-order valence-corrected chi connectivity index (χ0v) is 17.2. The quantitative estimate of drug-likeness (QED) is 0.576. The third-order valence-corrected chi connectivity index (χ3v) is 4.78. The Kier molecular flexibility index (Phi) is 7.42. The molecule has 3 rings (SSSR count). The molecule has 2 aromatic rings. The van der Waals surface area contributed by atoms with Crippen LogP contribution in [0.4, 0.5) is 5.69 Å². The van der Waals surface area contributed by atoms with Gasteiger partial charge in [-0.05, 0) is 48.0 Å². The van der Waals surface area contributed by atoms with E-state index in [0.717, 1.165) is 28.2 Å². The van der Waals surface area contributed by atoms with Gasteiger partial charge in [0.15, 0.2) is 6.40 Å². The number of pyridine rings is 1. The number of amides is 1. The normalized spacial score (nSPS) is 16.8. The second kappa shape index (κ2) is 10.4. The SMILES string of the molecule is CC#CC/C(=C1/N=CO[B]/C1=C/CC)C(CN)C(=O)Nc1ccc2cnccc2c1. The number of rotatable bonds is 6. The van der Waals surface area contributed by atoms with E-state index in [4.69, 9.17) is 10.4 Å². The maximum absolute atomic E-state index is 13.2. The Morgan fingerprint density at radius 2 is 2.23 bits per heavy atom. The molecule has 1 aromatic carbocycles. The van der Waals surface area contributed by atoms with Crippen molar-refractivity contribution < 1.29 is 9.45 Å². The van der Waals surface area contributed by atoms with E-state index in [1.807, 2.05) is 37.3 Å². The predicted molar refractivity (Wildman–Crippen MR) is 122 cm³/mol. The van der Waals surface area contributed by atoms with Gasteiger partial charge < -0.3 is 15.7 Å². The molecule has 2 heterocycles. The van der Waals surface area contributed by atoms with Crippen LogP contribution in [-0.2, 0) is 9.45 Å².